The Morgan fingerprint density at radius 1 is 0.905 bits per heavy atom. The van der Waals surface area contributed by atoms with E-state index in [0.717, 1.165) is 44.1 Å². The Morgan fingerprint density at radius 3 is 2.10 bits per heavy atom. The third-order valence-corrected chi connectivity index (χ3v) is 6.53. The second-order valence-electron chi connectivity index (χ2n) is 10.6. The van der Waals surface area contributed by atoms with Crippen LogP contribution in [0, 0.1) is 5.82 Å². The highest BCUT2D eigenvalue weighted by Gasteiger charge is 2.31. The number of halogens is 1. The van der Waals surface area contributed by atoms with E-state index in [4.69, 9.17) is 9.47 Å². The van der Waals surface area contributed by atoms with Gasteiger partial charge in [0.1, 0.15) is 17.3 Å². The molecule has 230 valence electrons. The van der Waals surface area contributed by atoms with Crippen molar-refractivity contribution in [3.8, 4) is 11.5 Å². The number of carbonyl (C=O) groups is 2. The first-order valence-electron chi connectivity index (χ1n) is 14.9. The molecule has 0 aliphatic rings. The summed E-state index contributed by atoms with van der Waals surface area (Å²) in [6.45, 7) is 12.9. The summed E-state index contributed by atoms with van der Waals surface area (Å²) < 4.78 is 25.3. The molecule has 1 atom stereocenters. The molecule has 1 unspecified atom stereocenters. The molecular weight excluding hydrogens is 531 g/mol. The van der Waals surface area contributed by atoms with Crippen LogP contribution in [0.4, 0.5) is 4.39 Å². The van der Waals surface area contributed by atoms with E-state index in [-0.39, 0.29) is 17.5 Å². The molecule has 1 amide bonds. The van der Waals surface area contributed by atoms with Gasteiger partial charge in [0.25, 0.3) is 5.91 Å². The number of nitrogens with one attached hydrogen (secondary N) is 1. The SMILES string of the molecule is C=C/C=C(\C=C)CC(C(=O)NCCCCCCCCOc1ccc(OC(=O)c2ccccc2F)cc1)[N+](C)(C)C.CC. The molecule has 0 saturated heterocycles. The van der Waals surface area contributed by atoms with Crippen LogP contribution in [0.15, 0.2) is 85.5 Å². The zero-order valence-corrected chi connectivity index (χ0v) is 26.2. The average Bonchev–Trinajstić information content (AvgIpc) is 2.97. The summed E-state index contributed by atoms with van der Waals surface area (Å²) >= 11 is 0. The highest BCUT2D eigenvalue weighted by molar-refractivity contribution is 5.91. The number of allylic oxidation sites excluding steroid dienone is 3. The number of nitrogens with zero attached hydrogens (tertiary/aromatic N) is 1. The summed E-state index contributed by atoms with van der Waals surface area (Å²) in [4.78, 5) is 25.0. The molecule has 0 aliphatic carbocycles. The van der Waals surface area contributed by atoms with E-state index >= 15 is 0 Å². The number of carbonyl (C=O) groups excluding carboxylic acids is 2. The van der Waals surface area contributed by atoms with Gasteiger partial charge in [-0.25, -0.2) is 9.18 Å². The van der Waals surface area contributed by atoms with E-state index in [1.54, 1.807) is 42.5 Å². The molecule has 1 N–H and O–H groups in total. The van der Waals surface area contributed by atoms with Gasteiger partial charge in [0.05, 0.1) is 33.3 Å². The minimum absolute atomic E-state index is 0.0674. The van der Waals surface area contributed by atoms with Crippen molar-refractivity contribution in [2.45, 2.75) is 64.8 Å². The highest BCUT2D eigenvalue weighted by Crippen LogP contribution is 2.20. The topological polar surface area (TPSA) is 64.6 Å². The van der Waals surface area contributed by atoms with E-state index in [2.05, 4.69) is 18.5 Å². The van der Waals surface area contributed by atoms with Gasteiger partial charge in [-0.2, -0.15) is 0 Å². The quantitative estimate of drug-likeness (QED) is 0.0645. The summed E-state index contributed by atoms with van der Waals surface area (Å²) in [6, 6.07) is 12.3. The molecule has 0 bridgehead atoms. The van der Waals surface area contributed by atoms with Gasteiger partial charge < -0.3 is 19.3 Å². The van der Waals surface area contributed by atoms with Gasteiger partial charge in [-0.1, -0.05) is 83.0 Å². The predicted molar refractivity (Wildman–Crippen MR) is 170 cm³/mol. The second-order valence-corrected chi connectivity index (χ2v) is 10.6. The van der Waals surface area contributed by atoms with Crippen molar-refractivity contribution in [1.82, 2.24) is 5.32 Å². The van der Waals surface area contributed by atoms with Gasteiger partial charge in [-0.15, -0.1) is 0 Å². The molecule has 6 nitrogen and oxygen atoms in total. The van der Waals surface area contributed by atoms with Crippen LogP contribution in [0.1, 0.15) is 69.2 Å². The zero-order valence-electron chi connectivity index (χ0n) is 26.2. The van der Waals surface area contributed by atoms with Crippen LogP contribution in [0.3, 0.4) is 0 Å². The van der Waals surface area contributed by atoms with Gasteiger partial charge in [0.2, 0.25) is 0 Å². The number of amides is 1. The lowest BCUT2D eigenvalue weighted by Gasteiger charge is -2.33. The fraction of sp³-hybridized carbons (Fsp3) is 0.429. The lowest BCUT2D eigenvalue weighted by molar-refractivity contribution is -0.886. The molecule has 42 heavy (non-hydrogen) atoms. The molecule has 2 rings (SSSR count). The monoisotopic (exact) mass is 581 g/mol. The summed E-state index contributed by atoms with van der Waals surface area (Å²) in [6.07, 6.45) is 12.3. The Kier molecular flexibility index (Phi) is 17.5. The molecular formula is C35H50FN2O4+. The van der Waals surface area contributed by atoms with Gasteiger partial charge in [0, 0.05) is 13.0 Å². The molecule has 2 aromatic rings. The zero-order chi connectivity index (χ0) is 31.4. The maximum Gasteiger partial charge on any atom is 0.346 e. The van der Waals surface area contributed by atoms with Crippen molar-refractivity contribution < 1.29 is 27.9 Å². The lowest BCUT2D eigenvalue weighted by Crippen LogP contribution is -2.54. The van der Waals surface area contributed by atoms with Gasteiger partial charge in [-0.3, -0.25) is 4.79 Å². The van der Waals surface area contributed by atoms with Crippen LogP contribution in [-0.2, 0) is 4.79 Å². The minimum Gasteiger partial charge on any atom is -0.494 e. The number of likely N-dealkylation sites (N-methyl/N-ethyl adjacent to an activating group) is 1. The maximum absolute atomic E-state index is 13.7. The molecule has 7 heteroatoms. The Bertz CT molecular complexity index is 1140. The first-order valence-corrected chi connectivity index (χ1v) is 14.9. The second kappa shape index (κ2) is 20.2. The Morgan fingerprint density at radius 2 is 1.50 bits per heavy atom. The standard InChI is InChI=1S/C33H43FN2O4.C2H6/c1-6-16-26(7-2)25-31(36(3,4)5)32(37)35-23-14-10-8-9-11-15-24-39-27-19-21-28(22-20-27)40-33(38)29-17-12-13-18-30(29)34;1-2/h6-7,12-13,16-22,31H,1-2,8-11,14-15,23-25H2,3-5H3;1-2H3/p+1/b26-16+;. The van der Waals surface area contributed by atoms with Crippen LogP contribution in [-0.4, -0.2) is 56.7 Å². The van der Waals surface area contributed by atoms with Gasteiger partial charge in [0.15, 0.2) is 6.04 Å². The fourth-order valence-corrected chi connectivity index (χ4v) is 4.16. The molecule has 0 fully saturated rings. The Hall–Kier alpha value is -3.71. The highest BCUT2D eigenvalue weighted by atomic mass is 19.1. The summed E-state index contributed by atoms with van der Waals surface area (Å²) in [7, 11) is 6.10. The van der Waals surface area contributed by atoms with E-state index in [1.807, 2.05) is 41.1 Å². The number of hydrogen-bond donors (Lipinski definition) is 1. The van der Waals surface area contributed by atoms with Crippen molar-refractivity contribution in [3.63, 3.8) is 0 Å². The van der Waals surface area contributed by atoms with Crippen LogP contribution in [0.5, 0.6) is 11.5 Å². The summed E-state index contributed by atoms with van der Waals surface area (Å²) in [5.74, 6) is -0.262. The number of hydrogen-bond acceptors (Lipinski definition) is 4. The minimum atomic E-state index is -0.735. The Labute approximate surface area is 252 Å². The van der Waals surface area contributed by atoms with Crippen LogP contribution < -0.4 is 14.8 Å². The van der Waals surface area contributed by atoms with E-state index < -0.39 is 11.8 Å². The number of ether oxygens (including phenoxy) is 2. The van der Waals surface area contributed by atoms with E-state index in [0.29, 0.717) is 35.6 Å². The van der Waals surface area contributed by atoms with Crippen molar-refractivity contribution in [2.75, 3.05) is 34.3 Å². The number of esters is 1. The predicted octanol–water partition coefficient (Wildman–Crippen LogP) is 7.67. The molecule has 0 spiro atoms. The Balaban J connectivity index is 0.00000431. The van der Waals surface area contributed by atoms with Crippen LogP contribution in [0.25, 0.3) is 0 Å². The summed E-state index contributed by atoms with van der Waals surface area (Å²) in [5, 5.41) is 3.11. The molecule has 0 aromatic heterocycles. The fourth-order valence-electron chi connectivity index (χ4n) is 4.16. The van der Waals surface area contributed by atoms with Crippen molar-refractivity contribution in [2.24, 2.45) is 0 Å². The molecule has 0 heterocycles. The van der Waals surface area contributed by atoms with Gasteiger partial charge in [-0.05, 0) is 54.8 Å². The third kappa shape index (κ3) is 13.8. The van der Waals surface area contributed by atoms with Crippen LogP contribution in [0.2, 0.25) is 0 Å². The van der Waals surface area contributed by atoms with Gasteiger partial charge >= 0.3 is 5.97 Å². The number of benzene rings is 2. The number of rotatable bonds is 18. The van der Waals surface area contributed by atoms with E-state index in [9.17, 15) is 14.0 Å². The largest absolute Gasteiger partial charge is 0.494 e. The first-order chi connectivity index (χ1) is 20.2. The molecule has 2 aromatic carbocycles. The number of unbranched alkanes of at least 4 members (excludes halogenated alkanes) is 5. The maximum atomic E-state index is 13.7. The van der Waals surface area contributed by atoms with Crippen molar-refractivity contribution >= 4 is 11.9 Å². The van der Waals surface area contributed by atoms with Crippen molar-refractivity contribution in [3.05, 3.63) is 96.9 Å². The first kappa shape index (κ1) is 36.3. The normalized spacial score (nSPS) is 11.9. The molecule has 0 saturated carbocycles. The van der Waals surface area contributed by atoms with Crippen LogP contribution >= 0.6 is 0 Å². The lowest BCUT2D eigenvalue weighted by atomic mass is 10.0. The number of quaternary nitrogens is 1. The third-order valence-electron chi connectivity index (χ3n) is 6.53. The smallest absolute Gasteiger partial charge is 0.346 e. The average molecular weight is 582 g/mol. The molecule has 0 radical (unpaired) electrons. The summed E-state index contributed by atoms with van der Waals surface area (Å²) in [5.41, 5.74) is 0.905. The van der Waals surface area contributed by atoms with E-state index in [1.165, 1.54) is 18.2 Å². The van der Waals surface area contributed by atoms with Crippen molar-refractivity contribution in [1.29, 1.82) is 0 Å². The molecule has 0 aliphatic heterocycles.